The van der Waals surface area contributed by atoms with Gasteiger partial charge in [0.1, 0.15) is 11.5 Å². The summed E-state index contributed by atoms with van der Waals surface area (Å²) in [6.07, 6.45) is -0.221. The van der Waals surface area contributed by atoms with Crippen molar-refractivity contribution >= 4 is 11.8 Å². The van der Waals surface area contributed by atoms with E-state index in [1.807, 2.05) is 13.8 Å². The van der Waals surface area contributed by atoms with Crippen LogP contribution in [0.3, 0.4) is 0 Å². The van der Waals surface area contributed by atoms with Crippen molar-refractivity contribution in [3.8, 4) is 11.5 Å². The molecule has 0 amide bonds. The molecule has 0 radical (unpaired) electrons. The molecule has 0 saturated carbocycles. The Hall–Kier alpha value is -2.04. The lowest BCUT2D eigenvalue weighted by molar-refractivity contribution is -0.136. The number of carbonyl (C=O) groups is 2. The highest BCUT2D eigenvalue weighted by Crippen LogP contribution is 2.26. The largest absolute Gasteiger partial charge is 0.494 e. The summed E-state index contributed by atoms with van der Waals surface area (Å²) < 4.78 is 10.7. The second-order valence-electron chi connectivity index (χ2n) is 3.84. The lowest BCUT2D eigenvalue weighted by Gasteiger charge is -2.11. The third kappa shape index (κ3) is 4.62. The topological polar surface area (TPSA) is 72.8 Å². The number of hydrogen-bond donors (Lipinski definition) is 1. The molecule has 0 spiro atoms. The number of ketones is 1. The Morgan fingerprint density at radius 2 is 1.79 bits per heavy atom. The Balaban J connectivity index is 2.91. The Kier molecular flexibility index (Phi) is 5.85. The van der Waals surface area contributed by atoms with Crippen LogP contribution in [0, 0.1) is 0 Å². The van der Waals surface area contributed by atoms with Crippen molar-refractivity contribution in [3.05, 3.63) is 23.8 Å². The Labute approximate surface area is 112 Å². The Bertz CT molecular complexity index is 453. The van der Waals surface area contributed by atoms with Crippen molar-refractivity contribution in [2.24, 2.45) is 0 Å². The molecule has 0 aromatic heterocycles. The average Bonchev–Trinajstić information content (AvgIpc) is 2.37. The number of aliphatic carboxylic acids is 1. The summed E-state index contributed by atoms with van der Waals surface area (Å²) in [5.41, 5.74) is 0.395. The molecule has 0 unspecified atom stereocenters. The van der Waals surface area contributed by atoms with E-state index >= 15 is 0 Å². The number of carboxylic acid groups (broad SMARTS) is 1. The number of carboxylic acids is 1. The molecule has 5 nitrogen and oxygen atoms in total. The quantitative estimate of drug-likeness (QED) is 0.732. The molecular weight excluding hydrogens is 248 g/mol. The standard InChI is InChI=1S/C14H18O5/c1-3-18-10-5-6-11(13(9-10)19-4-2)12(15)7-8-14(16)17/h5-6,9H,3-4,7-8H2,1-2H3,(H,16,17). The first-order valence-electron chi connectivity index (χ1n) is 6.23. The number of carbonyl (C=O) groups excluding carboxylic acids is 1. The first-order chi connectivity index (χ1) is 9.08. The zero-order valence-electron chi connectivity index (χ0n) is 11.1. The predicted molar refractivity (Wildman–Crippen MR) is 70.0 cm³/mol. The van der Waals surface area contributed by atoms with E-state index in [4.69, 9.17) is 14.6 Å². The number of ether oxygens (including phenoxy) is 2. The molecular formula is C14H18O5. The molecule has 0 aliphatic heterocycles. The van der Waals surface area contributed by atoms with Crippen LogP contribution in [0.15, 0.2) is 18.2 Å². The molecule has 0 atom stereocenters. The van der Waals surface area contributed by atoms with Crippen LogP contribution in [0.2, 0.25) is 0 Å². The van der Waals surface area contributed by atoms with Crippen molar-refractivity contribution in [1.82, 2.24) is 0 Å². The fourth-order valence-corrected chi connectivity index (χ4v) is 1.62. The minimum atomic E-state index is -0.989. The molecule has 1 N–H and O–H groups in total. The SMILES string of the molecule is CCOc1ccc(C(=O)CCC(=O)O)c(OCC)c1. The van der Waals surface area contributed by atoms with Crippen LogP contribution in [-0.4, -0.2) is 30.1 Å². The Morgan fingerprint density at radius 1 is 1.11 bits per heavy atom. The monoisotopic (exact) mass is 266 g/mol. The fourth-order valence-electron chi connectivity index (χ4n) is 1.62. The molecule has 0 saturated heterocycles. The molecule has 1 rings (SSSR count). The molecule has 1 aromatic carbocycles. The molecule has 1 aromatic rings. The van der Waals surface area contributed by atoms with Crippen molar-refractivity contribution in [2.45, 2.75) is 26.7 Å². The van der Waals surface area contributed by atoms with Gasteiger partial charge in [-0.3, -0.25) is 9.59 Å². The minimum Gasteiger partial charge on any atom is -0.494 e. The number of benzene rings is 1. The second kappa shape index (κ2) is 7.41. The van der Waals surface area contributed by atoms with E-state index in [2.05, 4.69) is 0 Å². The Morgan fingerprint density at radius 3 is 2.37 bits per heavy atom. The summed E-state index contributed by atoms with van der Waals surface area (Å²) in [6.45, 7) is 4.64. The van der Waals surface area contributed by atoms with Crippen LogP contribution >= 0.6 is 0 Å². The number of rotatable bonds is 8. The average molecular weight is 266 g/mol. The smallest absolute Gasteiger partial charge is 0.303 e. The maximum absolute atomic E-state index is 11.9. The van der Waals surface area contributed by atoms with Gasteiger partial charge in [0.05, 0.1) is 25.2 Å². The summed E-state index contributed by atoms with van der Waals surface area (Å²) in [6, 6.07) is 4.95. The lowest BCUT2D eigenvalue weighted by Crippen LogP contribution is -2.07. The normalized spacial score (nSPS) is 10.0. The summed E-state index contributed by atoms with van der Waals surface area (Å²) >= 11 is 0. The zero-order valence-corrected chi connectivity index (χ0v) is 11.1. The van der Waals surface area contributed by atoms with Gasteiger partial charge in [-0.15, -0.1) is 0 Å². The van der Waals surface area contributed by atoms with Crippen LogP contribution in [0.4, 0.5) is 0 Å². The van der Waals surface area contributed by atoms with Crippen LogP contribution < -0.4 is 9.47 Å². The zero-order chi connectivity index (χ0) is 14.3. The fraction of sp³-hybridized carbons (Fsp3) is 0.429. The van der Waals surface area contributed by atoms with Gasteiger partial charge in [-0.05, 0) is 26.0 Å². The van der Waals surface area contributed by atoms with E-state index in [-0.39, 0.29) is 18.6 Å². The van der Waals surface area contributed by atoms with Crippen molar-refractivity contribution in [2.75, 3.05) is 13.2 Å². The van der Waals surface area contributed by atoms with Gasteiger partial charge >= 0.3 is 5.97 Å². The van der Waals surface area contributed by atoms with E-state index in [0.29, 0.717) is 30.3 Å². The number of Topliss-reactive ketones (excluding diaryl/α,β-unsaturated/α-hetero) is 1. The molecule has 0 aliphatic rings. The number of hydrogen-bond acceptors (Lipinski definition) is 4. The van der Waals surface area contributed by atoms with Crippen LogP contribution in [0.5, 0.6) is 11.5 Å². The van der Waals surface area contributed by atoms with Gasteiger partial charge in [-0.25, -0.2) is 0 Å². The highest BCUT2D eigenvalue weighted by atomic mass is 16.5. The molecule has 0 bridgehead atoms. The van der Waals surface area contributed by atoms with Gasteiger partial charge in [0.2, 0.25) is 0 Å². The first kappa shape index (κ1) is 15.0. The van der Waals surface area contributed by atoms with Gasteiger partial charge in [0.15, 0.2) is 5.78 Å². The third-order valence-electron chi connectivity index (χ3n) is 2.43. The van der Waals surface area contributed by atoms with E-state index in [1.54, 1.807) is 18.2 Å². The van der Waals surface area contributed by atoms with Crippen LogP contribution in [0.1, 0.15) is 37.0 Å². The lowest BCUT2D eigenvalue weighted by atomic mass is 10.1. The molecule has 0 heterocycles. The van der Waals surface area contributed by atoms with E-state index in [0.717, 1.165) is 0 Å². The van der Waals surface area contributed by atoms with Crippen LogP contribution in [-0.2, 0) is 4.79 Å². The second-order valence-corrected chi connectivity index (χ2v) is 3.84. The summed E-state index contributed by atoms with van der Waals surface area (Å²) in [5, 5.41) is 8.59. The van der Waals surface area contributed by atoms with E-state index in [9.17, 15) is 9.59 Å². The highest BCUT2D eigenvalue weighted by Gasteiger charge is 2.15. The summed E-state index contributed by atoms with van der Waals surface area (Å²) in [5.74, 6) is -0.171. The molecule has 104 valence electrons. The van der Waals surface area contributed by atoms with Crippen molar-refractivity contribution < 1.29 is 24.2 Å². The summed E-state index contributed by atoms with van der Waals surface area (Å²) in [7, 11) is 0. The molecule has 0 fully saturated rings. The van der Waals surface area contributed by atoms with Gasteiger partial charge in [0.25, 0.3) is 0 Å². The third-order valence-corrected chi connectivity index (χ3v) is 2.43. The van der Waals surface area contributed by atoms with Crippen LogP contribution in [0.25, 0.3) is 0 Å². The summed E-state index contributed by atoms with van der Waals surface area (Å²) in [4.78, 5) is 22.4. The molecule has 5 heteroatoms. The minimum absolute atomic E-state index is 0.0383. The highest BCUT2D eigenvalue weighted by molar-refractivity contribution is 6.00. The van der Waals surface area contributed by atoms with Gasteiger partial charge in [0, 0.05) is 12.5 Å². The van der Waals surface area contributed by atoms with E-state index in [1.165, 1.54) is 0 Å². The van der Waals surface area contributed by atoms with Gasteiger partial charge < -0.3 is 14.6 Å². The van der Waals surface area contributed by atoms with Crippen molar-refractivity contribution in [3.63, 3.8) is 0 Å². The maximum Gasteiger partial charge on any atom is 0.303 e. The van der Waals surface area contributed by atoms with Crippen molar-refractivity contribution in [1.29, 1.82) is 0 Å². The molecule has 19 heavy (non-hydrogen) atoms. The first-order valence-corrected chi connectivity index (χ1v) is 6.23. The molecule has 0 aliphatic carbocycles. The van der Waals surface area contributed by atoms with Gasteiger partial charge in [-0.1, -0.05) is 0 Å². The maximum atomic E-state index is 11.9. The van der Waals surface area contributed by atoms with Gasteiger partial charge in [-0.2, -0.15) is 0 Å². The van der Waals surface area contributed by atoms with E-state index < -0.39 is 5.97 Å². The predicted octanol–water partition coefficient (Wildman–Crippen LogP) is 2.53.